The summed E-state index contributed by atoms with van der Waals surface area (Å²) in [6, 6.07) is 0.314. The van der Waals surface area contributed by atoms with Crippen LogP contribution in [0, 0.1) is 5.92 Å². The third kappa shape index (κ3) is 3.43. The van der Waals surface area contributed by atoms with Crippen LogP contribution >= 0.6 is 0 Å². The number of amides is 2. The molecule has 2 fully saturated rings. The Kier molecular flexibility index (Phi) is 4.54. The number of rotatable bonds is 4. The third-order valence-corrected chi connectivity index (χ3v) is 3.74. The highest BCUT2D eigenvalue weighted by Gasteiger charge is 2.33. The van der Waals surface area contributed by atoms with E-state index in [1.165, 1.54) is 0 Å². The molecule has 0 aliphatic carbocycles. The van der Waals surface area contributed by atoms with Crippen molar-refractivity contribution in [3.05, 3.63) is 0 Å². The van der Waals surface area contributed by atoms with E-state index in [1.54, 1.807) is 0 Å². The number of hydrogen-bond donors (Lipinski definition) is 3. The molecule has 2 amide bonds. The van der Waals surface area contributed by atoms with E-state index in [0.717, 1.165) is 25.9 Å². The van der Waals surface area contributed by atoms with Gasteiger partial charge in [0.15, 0.2) is 0 Å². The molecule has 0 radical (unpaired) electrons. The zero-order chi connectivity index (χ0) is 13.0. The molecule has 2 aliphatic heterocycles. The highest BCUT2D eigenvalue weighted by molar-refractivity contribution is 5.78. The first-order valence-electron chi connectivity index (χ1n) is 6.67. The molecule has 18 heavy (non-hydrogen) atoms. The van der Waals surface area contributed by atoms with E-state index in [-0.39, 0.29) is 11.8 Å². The Morgan fingerprint density at radius 1 is 1.50 bits per heavy atom. The molecule has 2 aliphatic rings. The number of likely N-dealkylation sites (tertiary alicyclic amines) is 1. The van der Waals surface area contributed by atoms with Crippen LogP contribution in [0.3, 0.4) is 0 Å². The van der Waals surface area contributed by atoms with Gasteiger partial charge in [-0.25, -0.2) is 0 Å². The Bertz CT molecular complexity index is 321. The van der Waals surface area contributed by atoms with Gasteiger partial charge in [-0.3, -0.25) is 14.5 Å². The van der Waals surface area contributed by atoms with Crippen molar-refractivity contribution in [2.75, 3.05) is 32.7 Å². The monoisotopic (exact) mass is 254 g/mol. The van der Waals surface area contributed by atoms with Crippen LogP contribution in [0.4, 0.5) is 0 Å². The Morgan fingerprint density at radius 3 is 3.11 bits per heavy atom. The summed E-state index contributed by atoms with van der Waals surface area (Å²) in [5, 5.41) is 5.83. The summed E-state index contributed by atoms with van der Waals surface area (Å²) >= 11 is 0. The molecule has 2 rings (SSSR count). The minimum absolute atomic E-state index is 0.0405. The van der Waals surface area contributed by atoms with E-state index in [4.69, 9.17) is 5.73 Å². The minimum Gasteiger partial charge on any atom is -0.354 e. The molecule has 0 bridgehead atoms. The Balaban J connectivity index is 1.77. The van der Waals surface area contributed by atoms with Gasteiger partial charge in [0, 0.05) is 38.6 Å². The third-order valence-electron chi connectivity index (χ3n) is 3.74. The number of nitrogens with one attached hydrogen (secondary N) is 2. The largest absolute Gasteiger partial charge is 0.354 e. The number of nitrogens with zero attached hydrogens (tertiary/aromatic N) is 1. The van der Waals surface area contributed by atoms with Crippen molar-refractivity contribution in [3.8, 4) is 0 Å². The maximum absolute atomic E-state index is 11.6. The first-order valence-corrected chi connectivity index (χ1v) is 6.67. The van der Waals surface area contributed by atoms with Crippen LogP contribution in [-0.4, -0.2) is 55.5 Å². The highest BCUT2D eigenvalue weighted by Crippen LogP contribution is 2.24. The van der Waals surface area contributed by atoms with Crippen LogP contribution in [0.25, 0.3) is 0 Å². The molecule has 0 saturated carbocycles. The average molecular weight is 254 g/mol. The lowest BCUT2D eigenvalue weighted by atomic mass is 9.85. The summed E-state index contributed by atoms with van der Waals surface area (Å²) in [6.07, 6.45) is 2.51. The van der Waals surface area contributed by atoms with Crippen molar-refractivity contribution >= 4 is 11.8 Å². The number of piperidine rings is 2. The smallest absolute Gasteiger partial charge is 0.234 e. The molecule has 6 heteroatoms. The quantitative estimate of drug-likeness (QED) is 0.579. The van der Waals surface area contributed by atoms with Crippen molar-refractivity contribution < 1.29 is 9.59 Å². The van der Waals surface area contributed by atoms with Crippen LogP contribution in [0.15, 0.2) is 0 Å². The number of carbonyl (C=O) groups excluding carboxylic acids is 2. The van der Waals surface area contributed by atoms with E-state index in [2.05, 4.69) is 15.5 Å². The molecule has 0 aromatic heterocycles. The molecule has 0 aromatic carbocycles. The van der Waals surface area contributed by atoms with E-state index in [0.29, 0.717) is 38.0 Å². The van der Waals surface area contributed by atoms with Gasteiger partial charge in [0.25, 0.3) is 0 Å². The van der Waals surface area contributed by atoms with Crippen LogP contribution in [-0.2, 0) is 9.59 Å². The number of carbonyl (C=O) groups is 2. The second-order valence-corrected chi connectivity index (χ2v) is 5.14. The fourth-order valence-corrected chi connectivity index (χ4v) is 2.80. The van der Waals surface area contributed by atoms with Crippen molar-refractivity contribution in [2.45, 2.75) is 25.3 Å². The normalized spacial score (nSPS) is 28.4. The van der Waals surface area contributed by atoms with E-state index < -0.39 is 0 Å². The summed E-state index contributed by atoms with van der Waals surface area (Å²) in [7, 11) is 0. The summed E-state index contributed by atoms with van der Waals surface area (Å²) < 4.78 is 0. The predicted octanol–water partition coefficient (Wildman–Crippen LogP) is -1.34. The van der Waals surface area contributed by atoms with Gasteiger partial charge in [0.2, 0.25) is 11.8 Å². The number of hydrogen-bond acceptors (Lipinski definition) is 4. The summed E-state index contributed by atoms with van der Waals surface area (Å²) in [4.78, 5) is 25.1. The number of fused-ring (bicyclic) bond motifs is 1. The van der Waals surface area contributed by atoms with Gasteiger partial charge in [0.05, 0.1) is 6.54 Å². The minimum atomic E-state index is 0.0405. The standard InChI is InChI=1S/C12H22N4O2/c13-4-5-14-12(18)8-16-6-3-10-9(7-16)1-2-11(17)15-10/h9-10H,1-8,13H2,(H,14,18)(H,15,17). The maximum atomic E-state index is 11.6. The van der Waals surface area contributed by atoms with Crippen molar-refractivity contribution in [1.82, 2.24) is 15.5 Å². The van der Waals surface area contributed by atoms with Gasteiger partial charge in [-0.05, 0) is 18.8 Å². The van der Waals surface area contributed by atoms with Gasteiger partial charge < -0.3 is 16.4 Å². The Labute approximate surface area is 107 Å². The first kappa shape index (κ1) is 13.3. The lowest BCUT2D eigenvalue weighted by Crippen LogP contribution is -2.55. The highest BCUT2D eigenvalue weighted by atomic mass is 16.2. The van der Waals surface area contributed by atoms with Gasteiger partial charge in [0.1, 0.15) is 0 Å². The van der Waals surface area contributed by atoms with E-state index in [1.807, 2.05) is 0 Å². The molecule has 2 atom stereocenters. The van der Waals surface area contributed by atoms with Gasteiger partial charge in [-0.15, -0.1) is 0 Å². The van der Waals surface area contributed by atoms with E-state index in [9.17, 15) is 9.59 Å². The molecule has 6 nitrogen and oxygen atoms in total. The van der Waals surface area contributed by atoms with Crippen LogP contribution in [0.2, 0.25) is 0 Å². The predicted molar refractivity (Wildman–Crippen MR) is 67.8 cm³/mol. The molecule has 4 N–H and O–H groups in total. The number of nitrogens with two attached hydrogens (primary N) is 1. The Morgan fingerprint density at radius 2 is 2.33 bits per heavy atom. The summed E-state index contributed by atoms with van der Waals surface area (Å²) in [5.74, 6) is 0.711. The van der Waals surface area contributed by atoms with Gasteiger partial charge >= 0.3 is 0 Å². The van der Waals surface area contributed by atoms with Crippen molar-refractivity contribution in [2.24, 2.45) is 11.7 Å². The van der Waals surface area contributed by atoms with Crippen LogP contribution < -0.4 is 16.4 Å². The molecule has 0 aromatic rings. The zero-order valence-electron chi connectivity index (χ0n) is 10.7. The topological polar surface area (TPSA) is 87.5 Å². The molecule has 2 saturated heterocycles. The second kappa shape index (κ2) is 6.15. The van der Waals surface area contributed by atoms with Crippen LogP contribution in [0.1, 0.15) is 19.3 Å². The average Bonchev–Trinajstić information content (AvgIpc) is 2.36. The zero-order valence-corrected chi connectivity index (χ0v) is 10.7. The van der Waals surface area contributed by atoms with E-state index >= 15 is 0 Å². The summed E-state index contributed by atoms with van der Waals surface area (Å²) in [5.41, 5.74) is 5.34. The van der Waals surface area contributed by atoms with Crippen LogP contribution in [0.5, 0.6) is 0 Å². The lowest BCUT2D eigenvalue weighted by Gasteiger charge is -2.41. The fraction of sp³-hybridized carbons (Fsp3) is 0.833. The molecule has 2 unspecified atom stereocenters. The maximum Gasteiger partial charge on any atom is 0.234 e. The SMILES string of the molecule is NCCNC(=O)CN1CCC2NC(=O)CCC2C1. The molecule has 0 spiro atoms. The molecular formula is C12H22N4O2. The lowest BCUT2D eigenvalue weighted by molar-refractivity contribution is -0.127. The molecule has 2 heterocycles. The molecule has 102 valence electrons. The first-order chi connectivity index (χ1) is 8.69. The molecular weight excluding hydrogens is 232 g/mol. The Hall–Kier alpha value is -1.14. The second-order valence-electron chi connectivity index (χ2n) is 5.14. The fourth-order valence-electron chi connectivity index (χ4n) is 2.80. The summed E-state index contributed by atoms with van der Waals surface area (Å²) in [6.45, 7) is 3.23. The van der Waals surface area contributed by atoms with Gasteiger partial charge in [-0.1, -0.05) is 0 Å². The van der Waals surface area contributed by atoms with Crippen molar-refractivity contribution in [3.63, 3.8) is 0 Å². The van der Waals surface area contributed by atoms with Crippen molar-refractivity contribution in [1.29, 1.82) is 0 Å². The van der Waals surface area contributed by atoms with Gasteiger partial charge in [-0.2, -0.15) is 0 Å².